The molecule has 27 heavy (non-hydrogen) atoms. The number of benzene rings is 2. The van der Waals surface area contributed by atoms with Gasteiger partial charge in [-0.15, -0.1) is 0 Å². The highest BCUT2D eigenvalue weighted by Crippen LogP contribution is 2.30. The number of anilines is 1. The fraction of sp³-hybridized carbons (Fsp3) is 0.250. The summed E-state index contributed by atoms with van der Waals surface area (Å²) in [5, 5.41) is 5.07. The Morgan fingerprint density at radius 1 is 1.07 bits per heavy atom. The normalized spacial score (nSPS) is 13.4. The number of amides is 3. The van der Waals surface area contributed by atoms with E-state index < -0.39 is 18.0 Å². The quantitative estimate of drug-likeness (QED) is 0.789. The third-order valence-corrected chi connectivity index (χ3v) is 4.43. The molecule has 1 heterocycles. The maximum absolute atomic E-state index is 13.2. The van der Waals surface area contributed by atoms with E-state index in [0.717, 1.165) is 17.7 Å². The van der Waals surface area contributed by atoms with Gasteiger partial charge in [0.15, 0.2) is 0 Å². The third-order valence-electron chi connectivity index (χ3n) is 4.43. The van der Waals surface area contributed by atoms with Gasteiger partial charge in [0.05, 0.1) is 7.11 Å². The number of carbonyl (C=O) groups is 3. The van der Waals surface area contributed by atoms with Gasteiger partial charge in [-0.2, -0.15) is 0 Å². The van der Waals surface area contributed by atoms with Crippen molar-refractivity contribution in [1.29, 1.82) is 0 Å². The molecule has 0 aromatic heterocycles. The molecule has 3 rings (SSSR count). The molecule has 140 valence electrons. The minimum Gasteiger partial charge on any atom is -0.468 e. The van der Waals surface area contributed by atoms with Crippen LogP contribution in [0, 0.1) is 0 Å². The maximum Gasteiger partial charge on any atom is 0.325 e. The van der Waals surface area contributed by atoms with Crippen molar-refractivity contribution < 1.29 is 19.1 Å². The zero-order chi connectivity index (χ0) is 19.2. The van der Waals surface area contributed by atoms with Crippen LogP contribution in [0.1, 0.15) is 17.2 Å². The molecule has 0 aliphatic carbocycles. The zero-order valence-electron chi connectivity index (χ0n) is 15.0. The molecule has 1 atom stereocenters. The van der Waals surface area contributed by atoms with Gasteiger partial charge in [0.2, 0.25) is 0 Å². The van der Waals surface area contributed by atoms with Crippen LogP contribution < -0.4 is 15.5 Å². The van der Waals surface area contributed by atoms with E-state index in [1.807, 2.05) is 42.5 Å². The molecular weight excluding hydrogens is 346 g/mol. The Bertz CT molecular complexity index is 838. The second kappa shape index (κ2) is 8.35. The van der Waals surface area contributed by atoms with E-state index >= 15 is 0 Å². The number of nitrogens with one attached hydrogen (secondary N) is 2. The van der Waals surface area contributed by atoms with Gasteiger partial charge in [-0.05, 0) is 23.6 Å². The number of hydrogen-bond acceptors (Lipinski definition) is 4. The molecule has 0 bridgehead atoms. The predicted molar refractivity (Wildman–Crippen MR) is 100 cm³/mol. The molecule has 2 aromatic rings. The van der Waals surface area contributed by atoms with Crippen LogP contribution in [-0.2, 0) is 20.7 Å². The summed E-state index contributed by atoms with van der Waals surface area (Å²) in [4.78, 5) is 38.3. The molecule has 2 N–H and O–H groups in total. The summed E-state index contributed by atoms with van der Waals surface area (Å²) in [6.45, 7) is 0.289. The lowest BCUT2D eigenvalue weighted by Crippen LogP contribution is -2.47. The average molecular weight is 367 g/mol. The van der Waals surface area contributed by atoms with Gasteiger partial charge in [0.1, 0.15) is 12.6 Å². The van der Waals surface area contributed by atoms with Crippen LogP contribution in [0.4, 0.5) is 10.5 Å². The van der Waals surface area contributed by atoms with E-state index in [-0.39, 0.29) is 12.5 Å². The molecule has 0 saturated carbocycles. The van der Waals surface area contributed by atoms with Crippen molar-refractivity contribution in [3.8, 4) is 0 Å². The monoisotopic (exact) mass is 367 g/mol. The topological polar surface area (TPSA) is 87.7 Å². The summed E-state index contributed by atoms with van der Waals surface area (Å²) >= 11 is 0. The van der Waals surface area contributed by atoms with E-state index in [2.05, 4.69) is 15.4 Å². The fourth-order valence-corrected chi connectivity index (χ4v) is 3.06. The van der Waals surface area contributed by atoms with Crippen molar-refractivity contribution in [2.24, 2.45) is 0 Å². The first kappa shape index (κ1) is 18.4. The number of methoxy groups -OCH3 is 1. The number of fused-ring (bicyclic) bond motifs is 1. The number of ether oxygens (including phenoxy) is 1. The number of hydrogen-bond donors (Lipinski definition) is 2. The van der Waals surface area contributed by atoms with Crippen molar-refractivity contribution >= 4 is 23.6 Å². The van der Waals surface area contributed by atoms with Crippen LogP contribution in [0.15, 0.2) is 54.6 Å². The van der Waals surface area contributed by atoms with E-state index in [1.54, 1.807) is 17.0 Å². The Labute approximate surface area is 157 Å². The lowest BCUT2D eigenvalue weighted by Gasteiger charge is -2.25. The second-order valence-electron chi connectivity index (χ2n) is 6.12. The van der Waals surface area contributed by atoms with E-state index in [1.165, 1.54) is 7.11 Å². The number of urea groups is 1. The molecule has 1 aliphatic rings. The van der Waals surface area contributed by atoms with Crippen LogP contribution in [0.2, 0.25) is 0 Å². The number of esters is 1. The Morgan fingerprint density at radius 2 is 1.78 bits per heavy atom. The Hall–Kier alpha value is -3.35. The number of para-hydroxylation sites is 1. The van der Waals surface area contributed by atoms with Gasteiger partial charge >= 0.3 is 12.0 Å². The summed E-state index contributed by atoms with van der Waals surface area (Å²) in [5.41, 5.74) is 2.63. The first-order valence-corrected chi connectivity index (χ1v) is 8.65. The number of nitrogens with zero attached hydrogens (tertiary/aromatic N) is 1. The van der Waals surface area contributed by atoms with Crippen LogP contribution >= 0.6 is 0 Å². The molecule has 7 heteroatoms. The van der Waals surface area contributed by atoms with Gasteiger partial charge in [-0.1, -0.05) is 48.5 Å². The maximum atomic E-state index is 13.2. The predicted octanol–water partition coefficient (Wildman–Crippen LogP) is 1.79. The molecule has 7 nitrogen and oxygen atoms in total. The van der Waals surface area contributed by atoms with Crippen molar-refractivity contribution in [2.45, 2.75) is 12.5 Å². The molecule has 0 radical (unpaired) electrons. The summed E-state index contributed by atoms with van der Waals surface area (Å²) in [6, 6.07) is 15.3. The SMILES string of the molecule is COC(=O)CNC(=O)N[C@H](C(=O)N1CCc2ccccc21)c1ccccc1. The highest BCUT2D eigenvalue weighted by molar-refractivity contribution is 6.01. The van der Waals surface area contributed by atoms with Crippen LogP contribution in [0.5, 0.6) is 0 Å². The standard InChI is InChI=1S/C20H21N3O4/c1-27-17(24)13-21-20(26)22-18(15-8-3-2-4-9-15)19(25)23-12-11-14-7-5-6-10-16(14)23/h2-10,18H,11-13H2,1H3,(H2,21,22,26)/t18-/m0/s1. The van der Waals surface area contributed by atoms with Crippen LogP contribution in [0.3, 0.4) is 0 Å². The number of rotatable bonds is 5. The second-order valence-corrected chi connectivity index (χ2v) is 6.12. The lowest BCUT2D eigenvalue weighted by molar-refractivity contribution is -0.139. The van der Waals surface area contributed by atoms with Gasteiger partial charge in [-0.3, -0.25) is 9.59 Å². The van der Waals surface area contributed by atoms with E-state index in [4.69, 9.17) is 0 Å². The molecule has 0 fully saturated rings. The Balaban J connectivity index is 1.80. The molecule has 0 spiro atoms. The van der Waals surface area contributed by atoms with Crippen LogP contribution in [-0.4, -0.2) is 38.1 Å². The first-order valence-electron chi connectivity index (χ1n) is 8.65. The highest BCUT2D eigenvalue weighted by atomic mass is 16.5. The molecule has 0 unspecified atom stereocenters. The lowest BCUT2D eigenvalue weighted by atomic mass is 10.1. The minimum atomic E-state index is -0.866. The largest absolute Gasteiger partial charge is 0.468 e. The molecular formula is C20H21N3O4. The third kappa shape index (κ3) is 4.25. The summed E-state index contributed by atoms with van der Waals surface area (Å²) < 4.78 is 4.50. The highest BCUT2D eigenvalue weighted by Gasteiger charge is 2.32. The fourth-order valence-electron chi connectivity index (χ4n) is 3.06. The van der Waals surface area contributed by atoms with Gasteiger partial charge in [-0.25, -0.2) is 4.79 Å². The zero-order valence-corrected chi connectivity index (χ0v) is 15.0. The summed E-state index contributed by atoms with van der Waals surface area (Å²) in [7, 11) is 1.24. The molecule has 0 saturated heterocycles. The molecule has 3 amide bonds. The Morgan fingerprint density at radius 3 is 2.52 bits per heavy atom. The Kier molecular flexibility index (Phi) is 5.71. The van der Waals surface area contributed by atoms with Crippen molar-refractivity contribution in [3.05, 3.63) is 65.7 Å². The van der Waals surface area contributed by atoms with Crippen molar-refractivity contribution in [1.82, 2.24) is 10.6 Å². The molecule has 1 aliphatic heterocycles. The van der Waals surface area contributed by atoms with Gasteiger partial charge in [0, 0.05) is 12.2 Å². The molecule has 2 aromatic carbocycles. The van der Waals surface area contributed by atoms with E-state index in [9.17, 15) is 14.4 Å². The minimum absolute atomic E-state index is 0.223. The average Bonchev–Trinajstić information content (AvgIpc) is 3.14. The van der Waals surface area contributed by atoms with E-state index in [0.29, 0.717) is 12.1 Å². The summed E-state index contributed by atoms with van der Waals surface area (Å²) in [6.07, 6.45) is 0.776. The first-order chi connectivity index (χ1) is 13.1. The van der Waals surface area contributed by atoms with Crippen molar-refractivity contribution in [2.75, 3.05) is 25.1 Å². The smallest absolute Gasteiger partial charge is 0.325 e. The van der Waals surface area contributed by atoms with Crippen LogP contribution in [0.25, 0.3) is 0 Å². The number of carbonyl (C=O) groups excluding carboxylic acids is 3. The van der Waals surface area contributed by atoms with Gasteiger partial charge in [0.25, 0.3) is 5.91 Å². The van der Waals surface area contributed by atoms with Crippen molar-refractivity contribution in [3.63, 3.8) is 0 Å². The van der Waals surface area contributed by atoms with Gasteiger partial charge < -0.3 is 20.3 Å². The summed E-state index contributed by atoms with van der Waals surface area (Å²) in [5.74, 6) is -0.791.